The van der Waals surface area contributed by atoms with Crippen LogP contribution in [0.5, 0.6) is 11.5 Å². The molecule has 1 fully saturated rings. The van der Waals surface area contributed by atoms with Crippen molar-refractivity contribution in [2.24, 2.45) is 0 Å². The molecule has 1 atom stereocenters. The number of rotatable bonds is 6. The fraction of sp³-hybridized carbons (Fsp3) is 0.625. The Morgan fingerprint density at radius 2 is 1.75 bits per heavy atom. The van der Waals surface area contributed by atoms with Crippen LogP contribution in [0.4, 0.5) is 0 Å². The predicted molar refractivity (Wildman–Crippen MR) is 79.6 cm³/mol. The zero-order valence-electron chi connectivity index (χ0n) is 12.7. The van der Waals surface area contributed by atoms with Crippen molar-refractivity contribution >= 4 is 0 Å². The van der Waals surface area contributed by atoms with Crippen LogP contribution in [0.15, 0.2) is 12.1 Å². The number of benzene rings is 1. The highest BCUT2D eigenvalue weighted by Crippen LogP contribution is 2.32. The average molecular weight is 279 g/mol. The minimum Gasteiger partial charge on any atom is -0.496 e. The van der Waals surface area contributed by atoms with Gasteiger partial charge in [0, 0.05) is 24.3 Å². The van der Waals surface area contributed by atoms with Gasteiger partial charge in [0.2, 0.25) is 0 Å². The van der Waals surface area contributed by atoms with E-state index < -0.39 is 0 Å². The van der Waals surface area contributed by atoms with Crippen molar-refractivity contribution < 1.29 is 14.2 Å². The van der Waals surface area contributed by atoms with Gasteiger partial charge in [0.05, 0.1) is 20.8 Å². The second-order valence-corrected chi connectivity index (χ2v) is 5.21. The molecular weight excluding hydrogens is 254 g/mol. The van der Waals surface area contributed by atoms with Crippen molar-refractivity contribution in [3.63, 3.8) is 0 Å². The highest BCUT2D eigenvalue weighted by molar-refractivity contribution is 5.49. The molecule has 0 radical (unpaired) electrons. The monoisotopic (exact) mass is 279 g/mol. The van der Waals surface area contributed by atoms with Crippen LogP contribution in [0.3, 0.4) is 0 Å². The van der Waals surface area contributed by atoms with Crippen molar-refractivity contribution in [2.75, 3.05) is 27.9 Å². The lowest BCUT2D eigenvalue weighted by atomic mass is 9.94. The molecule has 20 heavy (non-hydrogen) atoms. The lowest BCUT2D eigenvalue weighted by Gasteiger charge is -2.26. The Bertz CT molecular complexity index is 428. The molecule has 2 rings (SSSR count). The van der Waals surface area contributed by atoms with Gasteiger partial charge in [-0.3, -0.25) is 0 Å². The topological polar surface area (TPSA) is 39.7 Å². The van der Waals surface area contributed by atoms with E-state index >= 15 is 0 Å². The Morgan fingerprint density at radius 3 is 2.30 bits per heavy atom. The summed E-state index contributed by atoms with van der Waals surface area (Å²) in [6, 6.07) is 4.45. The average Bonchev–Trinajstić information content (AvgIpc) is 2.50. The molecule has 1 aliphatic heterocycles. The Hall–Kier alpha value is -1.26. The largest absolute Gasteiger partial charge is 0.496 e. The maximum Gasteiger partial charge on any atom is 0.124 e. The molecule has 0 aromatic heterocycles. The van der Waals surface area contributed by atoms with Crippen LogP contribution in [-0.2, 0) is 17.8 Å². The van der Waals surface area contributed by atoms with Crippen LogP contribution >= 0.6 is 0 Å². The van der Waals surface area contributed by atoms with Gasteiger partial charge in [-0.1, -0.05) is 6.42 Å². The zero-order valence-corrected chi connectivity index (χ0v) is 12.7. The number of hydrogen-bond donors (Lipinski definition) is 1. The first kappa shape index (κ1) is 15.1. The van der Waals surface area contributed by atoms with Crippen molar-refractivity contribution in [1.29, 1.82) is 0 Å². The number of piperidine rings is 1. The van der Waals surface area contributed by atoms with E-state index in [0.717, 1.165) is 30.0 Å². The predicted octanol–water partition coefficient (Wildman–Crippen LogP) is 2.53. The van der Waals surface area contributed by atoms with Gasteiger partial charge < -0.3 is 19.5 Å². The SMILES string of the molecule is COCc1c(OC)ccc(OC)c1CC1CCCCN1. The summed E-state index contributed by atoms with van der Waals surface area (Å²) in [7, 11) is 5.13. The maximum absolute atomic E-state index is 5.53. The summed E-state index contributed by atoms with van der Waals surface area (Å²) < 4.78 is 16.3. The first-order valence-corrected chi connectivity index (χ1v) is 7.25. The molecule has 1 aromatic rings. The fourth-order valence-electron chi connectivity index (χ4n) is 2.90. The quantitative estimate of drug-likeness (QED) is 0.868. The molecule has 4 nitrogen and oxygen atoms in total. The molecule has 0 saturated carbocycles. The molecule has 0 amide bonds. The smallest absolute Gasteiger partial charge is 0.124 e. The highest BCUT2D eigenvalue weighted by Gasteiger charge is 2.20. The van der Waals surface area contributed by atoms with E-state index in [4.69, 9.17) is 14.2 Å². The Kier molecular flexibility index (Phi) is 5.68. The van der Waals surface area contributed by atoms with E-state index in [2.05, 4.69) is 5.32 Å². The first-order valence-electron chi connectivity index (χ1n) is 7.25. The molecule has 1 N–H and O–H groups in total. The van der Waals surface area contributed by atoms with Crippen molar-refractivity contribution in [2.45, 2.75) is 38.3 Å². The van der Waals surface area contributed by atoms with E-state index in [-0.39, 0.29) is 0 Å². The van der Waals surface area contributed by atoms with E-state index in [1.54, 1.807) is 21.3 Å². The van der Waals surface area contributed by atoms with Gasteiger partial charge in [0.25, 0.3) is 0 Å². The summed E-state index contributed by atoms with van der Waals surface area (Å²) in [6.45, 7) is 1.65. The first-order chi connectivity index (χ1) is 9.80. The van der Waals surface area contributed by atoms with E-state index in [1.165, 1.54) is 24.8 Å². The lowest BCUT2D eigenvalue weighted by Crippen LogP contribution is -2.36. The number of methoxy groups -OCH3 is 3. The summed E-state index contributed by atoms with van der Waals surface area (Å²) in [5.41, 5.74) is 2.30. The molecular formula is C16H25NO3. The Balaban J connectivity index is 2.30. The van der Waals surface area contributed by atoms with Gasteiger partial charge >= 0.3 is 0 Å². The molecule has 1 aliphatic rings. The fourth-order valence-corrected chi connectivity index (χ4v) is 2.90. The molecule has 1 unspecified atom stereocenters. The number of hydrogen-bond acceptors (Lipinski definition) is 4. The zero-order chi connectivity index (χ0) is 14.4. The second kappa shape index (κ2) is 7.50. The van der Waals surface area contributed by atoms with Crippen molar-refractivity contribution in [3.05, 3.63) is 23.3 Å². The third kappa shape index (κ3) is 3.44. The highest BCUT2D eigenvalue weighted by atomic mass is 16.5. The van der Waals surface area contributed by atoms with E-state index in [9.17, 15) is 0 Å². The molecule has 0 spiro atoms. The van der Waals surface area contributed by atoms with Gasteiger partial charge in [0.1, 0.15) is 11.5 Å². The van der Waals surface area contributed by atoms with Crippen LogP contribution in [0.1, 0.15) is 30.4 Å². The minimum absolute atomic E-state index is 0.514. The summed E-state index contributed by atoms with van der Waals surface area (Å²) in [4.78, 5) is 0. The van der Waals surface area contributed by atoms with Crippen molar-refractivity contribution in [1.82, 2.24) is 5.32 Å². The van der Waals surface area contributed by atoms with Crippen LogP contribution < -0.4 is 14.8 Å². The number of ether oxygens (including phenoxy) is 3. The molecule has 0 aliphatic carbocycles. The standard InChI is InChI=1S/C16H25NO3/c1-18-11-14-13(10-12-6-4-5-9-17-12)15(19-2)7-8-16(14)20-3/h7-8,12,17H,4-6,9-11H2,1-3H3. The minimum atomic E-state index is 0.514. The van der Waals surface area contributed by atoms with Gasteiger partial charge in [0.15, 0.2) is 0 Å². The Labute approximate surface area is 121 Å². The Morgan fingerprint density at radius 1 is 1.05 bits per heavy atom. The van der Waals surface area contributed by atoms with Gasteiger partial charge in [-0.15, -0.1) is 0 Å². The summed E-state index contributed by atoms with van der Waals surface area (Å²) in [5.74, 6) is 1.80. The molecule has 4 heteroatoms. The summed E-state index contributed by atoms with van der Waals surface area (Å²) in [5, 5.41) is 3.59. The normalized spacial score (nSPS) is 18.9. The summed E-state index contributed by atoms with van der Waals surface area (Å²) in [6.07, 6.45) is 4.74. The van der Waals surface area contributed by atoms with Gasteiger partial charge in [-0.2, -0.15) is 0 Å². The molecule has 1 aromatic carbocycles. The molecule has 1 saturated heterocycles. The van der Waals surface area contributed by atoms with Crippen LogP contribution in [0, 0.1) is 0 Å². The third-order valence-electron chi connectivity index (χ3n) is 3.94. The van der Waals surface area contributed by atoms with Gasteiger partial charge in [-0.25, -0.2) is 0 Å². The maximum atomic E-state index is 5.53. The number of nitrogens with one attached hydrogen (secondary N) is 1. The van der Waals surface area contributed by atoms with E-state index in [0.29, 0.717) is 12.6 Å². The second-order valence-electron chi connectivity index (χ2n) is 5.21. The van der Waals surface area contributed by atoms with E-state index in [1.807, 2.05) is 12.1 Å². The van der Waals surface area contributed by atoms with Crippen LogP contribution in [-0.4, -0.2) is 33.9 Å². The molecule has 1 heterocycles. The van der Waals surface area contributed by atoms with Crippen LogP contribution in [0.25, 0.3) is 0 Å². The van der Waals surface area contributed by atoms with Crippen molar-refractivity contribution in [3.8, 4) is 11.5 Å². The lowest BCUT2D eigenvalue weighted by molar-refractivity contribution is 0.180. The summed E-state index contributed by atoms with van der Waals surface area (Å²) >= 11 is 0. The molecule has 112 valence electrons. The van der Waals surface area contributed by atoms with Gasteiger partial charge in [-0.05, 0) is 37.9 Å². The van der Waals surface area contributed by atoms with Crippen LogP contribution in [0.2, 0.25) is 0 Å². The molecule has 0 bridgehead atoms. The third-order valence-corrected chi connectivity index (χ3v) is 3.94.